The molecule has 0 amide bonds. The SMILES string of the molecule is CC(=O)c1ccc(-n2c(C)nc3ncccc3c2=O)cc1. The van der Waals surface area contributed by atoms with Crippen LogP contribution >= 0.6 is 0 Å². The van der Waals surface area contributed by atoms with E-state index < -0.39 is 0 Å². The van der Waals surface area contributed by atoms with Crippen molar-refractivity contribution in [1.82, 2.24) is 14.5 Å². The first kappa shape index (κ1) is 13.2. The van der Waals surface area contributed by atoms with E-state index in [1.54, 1.807) is 49.5 Å². The van der Waals surface area contributed by atoms with Crippen molar-refractivity contribution in [2.24, 2.45) is 0 Å². The molecule has 0 radical (unpaired) electrons. The Balaban J connectivity index is 2.25. The second-order valence-electron chi connectivity index (χ2n) is 4.78. The van der Waals surface area contributed by atoms with Gasteiger partial charge < -0.3 is 0 Å². The molecule has 1 aromatic carbocycles. The van der Waals surface area contributed by atoms with E-state index in [1.807, 2.05) is 0 Å². The molecule has 5 nitrogen and oxygen atoms in total. The van der Waals surface area contributed by atoms with Gasteiger partial charge in [0.1, 0.15) is 5.82 Å². The number of carbonyl (C=O) groups is 1. The highest BCUT2D eigenvalue weighted by molar-refractivity contribution is 5.94. The number of hydrogen-bond acceptors (Lipinski definition) is 4. The van der Waals surface area contributed by atoms with E-state index in [0.29, 0.717) is 28.1 Å². The Kier molecular flexibility index (Phi) is 3.10. The van der Waals surface area contributed by atoms with E-state index in [-0.39, 0.29) is 11.3 Å². The van der Waals surface area contributed by atoms with Crippen molar-refractivity contribution >= 4 is 16.8 Å². The maximum atomic E-state index is 12.6. The van der Waals surface area contributed by atoms with Gasteiger partial charge in [0.05, 0.1) is 11.1 Å². The second kappa shape index (κ2) is 4.94. The van der Waals surface area contributed by atoms with Crippen LogP contribution in [0.15, 0.2) is 47.4 Å². The average Bonchev–Trinajstić information content (AvgIpc) is 2.48. The highest BCUT2D eigenvalue weighted by Gasteiger charge is 2.10. The highest BCUT2D eigenvalue weighted by atomic mass is 16.1. The van der Waals surface area contributed by atoms with Crippen LogP contribution in [0.4, 0.5) is 0 Å². The first-order valence-electron chi connectivity index (χ1n) is 6.53. The quantitative estimate of drug-likeness (QED) is 0.675. The van der Waals surface area contributed by atoms with E-state index in [9.17, 15) is 9.59 Å². The molecule has 0 aliphatic heterocycles. The minimum Gasteiger partial charge on any atom is -0.295 e. The van der Waals surface area contributed by atoms with Gasteiger partial charge in [0.25, 0.3) is 5.56 Å². The van der Waals surface area contributed by atoms with Crippen LogP contribution in [0.3, 0.4) is 0 Å². The molecule has 0 aliphatic rings. The summed E-state index contributed by atoms with van der Waals surface area (Å²) < 4.78 is 1.52. The van der Waals surface area contributed by atoms with Crippen LogP contribution in [0.5, 0.6) is 0 Å². The normalized spacial score (nSPS) is 10.8. The Labute approximate surface area is 120 Å². The van der Waals surface area contributed by atoms with E-state index in [1.165, 1.54) is 11.5 Å². The van der Waals surface area contributed by atoms with Crippen LogP contribution in [0.2, 0.25) is 0 Å². The fourth-order valence-corrected chi connectivity index (χ4v) is 2.27. The number of rotatable bonds is 2. The third-order valence-electron chi connectivity index (χ3n) is 3.34. The predicted molar refractivity (Wildman–Crippen MR) is 79.9 cm³/mol. The molecule has 0 spiro atoms. The van der Waals surface area contributed by atoms with Crippen molar-refractivity contribution in [3.8, 4) is 5.69 Å². The molecule has 0 N–H and O–H groups in total. The highest BCUT2D eigenvalue weighted by Crippen LogP contribution is 2.12. The number of aryl methyl sites for hydroxylation is 1. The molecule has 0 saturated carbocycles. The van der Waals surface area contributed by atoms with Crippen molar-refractivity contribution < 1.29 is 4.79 Å². The Morgan fingerprint density at radius 3 is 2.52 bits per heavy atom. The van der Waals surface area contributed by atoms with Gasteiger partial charge >= 0.3 is 0 Å². The number of pyridine rings is 1. The molecule has 3 rings (SSSR count). The number of nitrogens with zero attached hydrogens (tertiary/aromatic N) is 3. The molecule has 5 heteroatoms. The Bertz CT molecular complexity index is 896. The number of ketones is 1. The summed E-state index contributed by atoms with van der Waals surface area (Å²) in [5.74, 6) is 0.549. The maximum Gasteiger partial charge on any atom is 0.267 e. The smallest absolute Gasteiger partial charge is 0.267 e. The molecule has 21 heavy (non-hydrogen) atoms. The van der Waals surface area contributed by atoms with Crippen molar-refractivity contribution in [2.75, 3.05) is 0 Å². The van der Waals surface area contributed by atoms with Crippen LogP contribution in [-0.4, -0.2) is 20.3 Å². The van der Waals surface area contributed by atoms with Gasteiger partial charge in [-0.2, -0.15) is 0 Å². The first-order valence-corrected chi connectivity index (χ1v) is 6.53. The third kappa shape index (κ3) is 2.23. The lowest BCUT2D eigenvalue weighted by Crippen LogP contribution is -2.22. The molecule has 0 saturated heterocycles. The zero-order chi connectivity index (χ0) is 15.0. The van der Waals surface area contributed by atoms with Crippen LogP contribution in [0, 0.1) is 6.92 Å². The first-order chi connectivity index (χ1) is 10.1. The van der Waals surface area contributed by atoms with Crippen LogP contribution < -0.4 is 5.56 Å². The molecular formula is C16H13N3O2. The van der Waals surface area contributed by atoms with Crippen LogP contribution in [0.25, 0.3) is 16.7 Å². The maximum absolute atomic E-state index is 12.6. The minimum atomic E-state index is -0.166. The zero-order valence-electron chi connectivity index (χ0n) is 11.7. The summed E-state index contributed by atoms with van der Waals surface area (Å²) in [6, 6.07) is 10.3. The molecule has 2 heterocycles. The molecule has 0 atom stereocenters. The molecule has 104 valence electrons. The van der Waals surface area contributed by atoms with Gasteiger partial charge in [-0.3, -0.25) is 14.2 Å². The Morgan fingerprint density at radius 2 is 1.86 bits per heavy atom. The number of fused-ring (bicyclic) bond motifs is 1. The Hall–Kier alpha value is -2.82. The van der Waals surface area contributed by atoms with E-state index in [0.717, 1.165) is 0 Å². The molecule has 0 fully saturated rings. The van der Waals surface area contributed by atoms with Crippen LogP contribution in [-0.2, 0) is 0 Å². The summed E-state index contributed by atoms with van der Waals surface area (Å²) in [5, 5.41) is 0.471. The largest absolute Gasteiger partial charge is 0.295 e. The van der Waals surface area contributed by atoms with Crippen molar-refractivity contribution in [3.05, 3.63) is 64.3 Å². The summed E-state index contributed by atoms with van der Waals surface area (Å²) in [4.78, 5) is 32.4. The third-order valence-corrected chi connectivity index (χ3v) is 3.34. The molecule has 0 bridgehead atoms. The number of carbonyl (C=O) groups excluding carboxylic acids is 1. The standard InChI is InChI=1S/C16H13N3O2/c1-10(20)12-5-7-13(8-6-12)19-11(2)18-15-14(16(19)21)4-3-9-17-15/h3-9H,1-2H3. The lowest BCUT2D eigenvalue weighted by atomic mass is 10.1. The van der Waals surface area contributed by atoms with Crippen molar-refractivity contribution in [2.45, 2.75) is 13.8 Å². The fourth-order valence-electron chi connectivity index (χ4n) is 2.27. The summed E-state index contributed by atoms with van der Waals surface area (Å²) in [6.07, 6.45) is 1.61. The lowest BCUT2D eigenvalue weighted by Gasteiger charge is -2.10. The Morgan fingerprint density at radius 1 is 1.14 bits per heavy atom. The summed E-state index contributed by atoms with van der Waals surface area (Å²) >= 11 is 0. The number of hydrogen-bond donors (Lipinski definition) is 0. The van der Waals surface area contributed by atoms with Gasteiger partial charge in [0.15, 0.2) is 11.4 Å². The number of aromatic nitrogens is 3. The summed E-state index contributed by atoms with van der Waals surface area (Å²) in [5.41, 5.74) is 1.57. The monoisotopic (exact) mass is 279 g/mol. The van der Waals surface area contributed by atoms with Gasteiger partial charge in [-0.1, -0.05) is 0 Å². The molecule has 0 unspecified atom stereocenters. The lowest BCUT2D eigenvalue weighted by molar-refractivity contribution is 0.101. The van der Waals surface area contributed by atoms with Gasteiger partial charge in [-0.25, -0.2) is 9.97 Å². The van der Waals surface area contributed by atoms with Crippen molar-refractivity contribution in [1.29, 1.82) is 0 Å². The molecule has 3 aromatic rings. The number of Topliss-reactive ketones (excluding diaryl/α,β-unsaturated/α-hetero) is 1. The summed E-state index contributed by atoms with van der Waals surface area (Å²) in [7, 11) is 0. The number of benzene rings is 1. The fraction of sp³-hybridized carbons (Fsp3) is 0.125. The second-order valence-corrected chi connectivity index (χ2v) is 4.78. The summed E-state index contributed by atoms with van der Waals surface area (Å²) in [6.45, 7) is 3.27. The van der Waals surface area contributed by atoms with Crippen molar-refractivity contribution in [3.63, 3.8) is 0 Å². The minimum absolute atomic E-state index is 0.00791. The molecule has 0 aliphatic carbocycles. The molecule has 2 aromatic heterocycles. The predicted octanol–water partition coefficient (Wildman–Crippen LogP) is 2.29. The van der Waals surface area contributed by atoms with Gasteiger partial charge in [-0.05, 0) is 50.2 Å². The van der Waals surface area contributed by atoms with E-state index in [4.69, 9.17) is 0 Å². The topological polar surface area (TPSA) is 64.8 Å². The molecular weight excluding hydrogens is 266 g/mol. The van der Waals surface area contributed by atoms with E-state index in [2.05, 4.69) is 9.97 Å². The van der Waals surface area contributed by atoms with Crippen LogP contribution in [0.1, 0.15) is 23.1 Å². The zero-order valence-corrected chi connectivity index (χ0v) is 11.7. The average molecular weight is 279 g/mol. The van der Waals surface area contributed by atoms with Gasteiger partial charge in [0.2, 0.25) is 0 Å². The van der Waals surface area contributed by atoms with Gasteiger partial charge in [-0.15, -0.1) is 0 Å². The van der Waals surface area contributed by atoms with E-state index >= 15 is 0 Å². The van der Waals surface area contributed by atoms with Gasteiger partial charge in [0, 0.05) is 11.8 Å².